The number of benzene rings is 2. The molecule has 0 unspecified atom stereocenters. The molecule has 8 heteroatoms. The Kier molecular flexibility index (Phi) is 5.42. The van der Waals surface area contributed by atoms with Gasteiger partial charge < -0.3 is 14.2 Å². The third-order valence-corrected chi connectivity index (χ3v) is 6.37. The Balaban J connectivity index is 2.03. The van der Waals surface area contributed by atoms with Crippen molar-refractivity contribution in [3.05, 3.63) is 46.4 Å². The zero-order valence-corrected chi connectivity index (χ0v) is 18.0. The summed E-state index contributed by atoms with van der Waals surface area (Å²) in [6, 6.07) is 9.80. The van der Waals surface area contributed by atoms with Crippen molar-refractivity contribution in [3.63, 3.8) is 0 Å². The van der Waals surface area contributed by atoms with E-state index in [2.05, 4.69) is 20.7 Å². The Morgan fingerprint density at radius 3 is 2.56 bits per heavy atom. The average Bonchev–Trinajstić information content (AvgIpc) is 2.60. The van der Waals surface area contributed by atoms with E-state index in [0.717, 1.165) is 5.56 Å². The quantitative estimate of drug-likeness (QED) is 0.735. The maximum absolute atomic E-state index is 13.1. The van der Waals surface area contributed by atoms with Gasteiger partial charge >= 0.3 is 0 Å². The maximum Gasteiger partial charge on any atom is 0.244 e. The van der Waals surface area contributed by atoms with Crippen LogP contribution in [0.25, 0.3) is 0 Å². The topological polar surface area (TPSA) is 73.9 Å². The van der Waals surface area contributed by atoms with E-state index in [9.17, 15) is 8.42 Å². The van der Waals surface area contributed by atoms with E-state index in [1.165, 1.54) is 13.2 Å². The molecular formula is C19H22BrNO5S. The lowest BCUT2D eigenvalue weighted by atomic mass is 9.90. The number of halogens is 1. The monoisotopic (exact) mass is 455 g/mol. The number of ether oxygens (including phenoxy) is 3. The number of nitrogens with one attached hydrogen (secondary N) is 1. The molecule has 0 fully saturated rings. The summed E-state index contributed by atoms with van der Waals surface area (Å²) in [7, 11) is -0.824. The van der Waals surface area contributed by atoms with E-state index < -0.39 is 21.7 Å². The SMILES string of the molecule is COc1ccc2c(c1)[C@@H](NS(=O)(=O)c1cc(Br)ccc1OC)CC(C)(C)O2. The molecule has 0 radical (unpaired) electrons. The third kappa shape index (κ3) is 4.23. The summed E-state index contributed by atoms with van der Waals surface area (Å²) < 4.78 is 46.2. The lowest BCUT2D eigenvalue weighted by molar-refractivity contribution is 0.0700. The van der Waals surface area contributed by atoms with Gasteiger partial charge in [0, 0.05) is 16.5 Å². The largest absolute Gasteiger partial charge is 0.497 e. The molecule has 0 saturated heterocycles. The van der Waals surface area contributed by atoms with Crippen molar-refractivity contribution in [3.8, 4) is 17.2 Å². The molecule has 0 saturated carbocycles. The van der Waals surface area contributed by atoms with E-state index in [0.29, 0.717) is 22.4 Å². The average molecular weight is 456 g/mol. The standard InChI is InChI=1S/C19H22BrNO5S/c1-19(2)11-15(14-10-13(24-3)6-8-16(14)26-19)21-27(22,23)18-9-12(20)5-7-17(18)25-4/h5-10,15,21H,11H2,1-4H3/t15-/m0/s1. The second-order valence-electron chi connectivity index (χ2n) is 6.94. The van der Waals surface area contributed by atoms with Gasteiger partial charge in [-0.15, -0.1) is 0 Å². The Morgan fingerprint density at radius 1 is 1.15 bits per heavy atom. The second-order valence-corrected chi connectivity index (χ2v) is 9.54. The van der Waals surface area contributed by atoms with Crippen molar-refractivity contribution in [2.75, 3.05) is 14.2 Å². The number of hydrogen-bond acceptors (Lipinski definition) is 5. The fraction of sp³-hybridized carbons (Fsp3) is 0.368. The zero-order chi connectivity index (χ0) is 19.8. The van der Waals surface area contributed by atoms with Crippen molar-refractivity contribution < 1.29 is 22.6 Å². The highest BCUT2D eigenvalue weighted by Gasteiger charge is 2.37. The summed E-state index contributed by atoms with van der Waals surface area (Å²) in [6.07, 6.45) is 0.475. The van der Waals surface area contributed by atoms with Crippen molar-refractivity contribution in [1.29, 1.82) is 0 Å². The van der Waals surface area contributed by atoms with Crippen molar-refractivity contribution in [2.24, 2.45) is 0 Å². The summed E-state index contributed by atoms with van der Waals surface area (Å²) in [5, 5.41) is 0. The molecule has 0 aromatic heterocycles. The first kappa shape index (κ1) is 20.0. The highest BCUT2D eigenvalue weighted by atomic mass is 79.9. The minimum atomic E-state index is -3.84. The van der Waals surface area contributed by atoms with E-state index in [4.69, 9.17) is 14.2 Å². The minimum absolute atomic E-state index is 0.0770. The summed E-state index contributed by atoms with van der Waals surface area (Å²) in [4.78, 5) is 0.0770. The van der Waals surface area contributed by atoms with Crippen molar-refractivity contribution in [1.82, 2.24) is 4.72 Å². The molecule has 1 aliphatic rings. The number of hydrogen-bond donors (Lipinski definition) is 1. The van der Waals surface area contributed by atoms with Gasteiger partial charge in [0.25, 0.3) is 0 Å². The molecule has 27 heavy (non-hydrogen) atoms. The summed E-state index contributed by atoms with van der Waals surface area (Å²) in [6.45, 7) is 3.86. The molecule has 146 valence electrons. The van der Waals surface area contributed by atoms with Gasteiger partial charge in [0.15, 0.2) is 0 Å². The van der Waals surface area contributed by atoms with E-state index in [1.54, 1.807) is 37.4 Å². The van der Waals surface area contributed by atoms with Crippen LogP contribution in [0.4, 0.5) is 0 Å². The van der Waals surface area contributed by atoms with Gasteiger partial charge in [-0.25, -0.2) is 13.1 Å². The molecule has 0 spiro atoms. The molecule has 0 aliphatic carbocycles. The van der Waals surface area contributed by atoms with Gasteiger partial charge in [0.1, 0.15) is 27.7 Å². The first-order valence-electron chi connectivity index (χ1n) is 8.38. The van der Waals surface area contributed by atoms with Crippen LogP contribution in [-0.2, 0) is 10.0 Å². The fourth-order valence-corrected chi connectivity index (χ4v) is 5.10. The number of methoxy groups -OCH3 is 2. The molecule has 3 rings (SSSR count). The van der Waals surface area contributed by atoms with Crippen LogP contribution in [0, 0.1) is 0 Å². The van der Waals surface area contributed by atoms with Crippen LogP contribution >= 0.6 is 15.9 Å². The lowest BCUT2D eigenvalue weighted by Crippen LogP contribution is -2.41. The van der Waals surface area contributed by atoms with Gasteiger partial charge in [0.05, 0.1) is 20.3 Å². The highest BCUT2D eigenvalue weighted by molar-refractivity contribution is 9.10. The molecule has 1 N–H and O–H groups in total. The molecule has 0 bridgehead atoms. The minimum Gasteiger partial charge on any atom is -0.497 e. The zero-order valence-electron chi connectivity index (χ0n) is 15.6. The molecule has 6 nitrogen and oxygen atoms in total. The third-order valence-electron chi connectivity index (χ3n) is 4.39. The maximum atomic E-state index is 13.1. The van der Waals surface area contributed by atoms with E-state index in [1.807, 2.05) is 13.8 Å². The molecule has 2 aromatic carbocycles. The molecular weight excluding hydrogens is 434 g/mol. The summed E-state index contributed by atoms with van der Waals surface area (Å²) in [5.41, 5.74) is 0.224. The van der Waals surface area contributed by atoms with Crippen LogP contribution < -0.4 is 18.9 Å². The number of sulfonamides is 1. The van der Waals surface area contributed by atoms with Crippen LogP contribution in [0.2, 0.25) is 0 Å². The van der Waals surface area contributed by atoms with Crippen LogP contribution in [0.1, 0.15) is 31.9 Å². The normalized spacial score (nSPS) is 18.3. The number of rotatable bonds is 5. The Hall–Kier alpha value is -1.77. The van der Waals surface area contributed by atoms with Crippen molar-refractivity contribution >= 4 is 26.0 Å². The van der Waals surface area contributed by atoms with E-state index >= 15 is 0 Å². The Labute approximate surface area is 168 Å². The predicted octanol–water partition coefficient (Wildman–Crippen LogP) is 4.05. The fourth-order valence-electron chi connectivity index (χ4n) is 3.18. The van der Waals surface area contributed by atoms with Gasteiger partial charge in [0.2, 0.25) is 10.0 Å². The van der Waals surface area contributed by atoms with Crippen LogP contribution in [0.5, 0.6) is 17.2 Å². The van der Waals surface area contributed by atoms with Gasteiger partial charge in [-0.05, 0) is 50.2 Å². The number of fused-ring (bicyclic) bond motifs is 1. The Morgan fingerprint density at radius 2 is 1.89 bits per heavy atom. The first-order valence-corrected chi connectivity index (χ1v) is 10.7. The molecule has 1 aliphatic heterocycles. The van der Waals surface area contributed by atoms with Crippen LogP contribution in [-0.4, -0.2) is 28.2 Å². The van der Waals surface area contributed by atoms with E-state index in [-0.39, 0.29) is 10.6 Å². The van der Waals surface area contributed by atoms with Crippen LogP contribution in [0.3, 0.4) is 0 Å². The van der Waals surface area contributed by atoms with Gasteiger partial charge in [-0.1, -0.05) is 15.9 Å². The summed E-state index contributed by atoms with van der Waals surface area (Å²) >= 11 is 3.32. The molecule has 1 atom stereocenters. The predicted molar refractivity (Wildman–Crippen MR) is 106 cm³/mol. The van der Waals surface area contributed by atoms with Crippen LogP contribution in [0.15, 0.2) is 45.8 Å². The Bertz CT molecular complexity index is 959. The molecule has 1 heterocycles. The smallest absolute Gasteiger partial charge is 0.244 e. The molecule has 0 amide bonds. The first-order chi connectivity index (χ1) is 12.6. The van der Waals surface area contributed by atoms with Crippen molar-refractivity contribution in [2.45, 2.75) is 36.8 Å². The van der Waals surface area contributed by atoms with Gasteiger partial charge in [-0.2, -0.15) is 0 Å². The highest BCUT2D eigenvalue weighted by Crippen LogP contribution is 2.42. The second kappa shape index (κ2) is 7.33. The van der Waals surface area contributed by atoms with Gasteiger partial charge in [-0.3, -0.25) is 0 Å². The lowest BCUT2D eigenvalue weighted by Gasteiger charge is -2.38. The molecule has 2 aromatic rings. The summed E-state index contributed by atoms with van der Waals surface area (Å²) in [5.74, 6) is 1.56.